The molecule has 0 saturated carbocycles. The highest BCUT2D eigenvalue weighted by molar-refractivity contribution is 6.37. The van der Waals surface area contributed by atoms with Gasteiger partial charge in [0, 0.05) is 23.7 Å². The lowest BCUT2D eigenvalue weighted by molar-refractivity contribution is -0.109. The zero-order valence-electron chi connectivity index (χ0n) is 17.6. The fourth-order valence-corrected chi connectivity index (χ4v) is 5.25. The highest BCUT2D eigenvalue weighted by Gasteiger charge is 2.33. The number of unbranched alkanes of at least 4 members (excludes halogenated alkanes) is 1. The first-order valence-corrected chi connectivity index (χ1v) is 11.4. The molecule has 156 valence electrons. The average Bonchev–Trinajstić information content (AvgIpc) is 2.78. The molecule has 0 bridgehead atoms. The van der Waals surface area contributed by atoms with Crippen molar-refractivity contribution in [3.63, 3.8) is 0 Å². The Hall–Kier alpha value is -2.39. The number of rotatable bonds is 8. The topological polar surface area (TPSA) is 42.0 Å². The molecule has 1 unspecified atom stereocenters. The van der Waals surface area contributed by atoms with E-state index >= 15 is 0 Å². The molecule has 3 nitrogen and oxygen atoms in total. The first kappa shape index (κ1) is 20.9. The van der Waals surface area contributed by atoms with Gasteiger partial charge in [-0.15, -0.1) is 0 Å². The number of benzene rings is 2. The second kappa shape index (κ2) is 9.18. The maximum atomic E-state index is 10.7. The maximum absolute atomic E-state index is 10.7. The monoisotopic (exact) mass is 420 g/mol. The number of aromatic nitrogens is 1. The molecule has 30 heavy (non-hydrogen) atoms. The maximum Gasteiger partial charge on any atom is 0.207 e. The second-order valence-electron chi connectivity index (χ2n) is 8.59. The first-order chi connectivity index (χ1) is 14.7. The molecule has 1 atom stereocenters. The van der Waals surface area contributed by atoms with E-state index in [1.54, 1.807) is 6.20 Å². The number of carbonyl (C=O) groups excluding carboxylic acids is 1. The number of nitrogens with one attached hydrogen (secondary N) is 1. The number of nitrogens with zero attached hydrogens (tertiary/aromatic N) is 1. The smallest absolute Gasteiger partial charge is 0.207 e. The van der Waals surface area contributed by atoms with E-state index in [2.05, 4.69) is 47.6 Å². The predicted octanol–water partition coefficient (Wildman–Crippen LogP) is 6.36. The normalized spacial score (nSPS) is 18.2. The minimum atomic E-state index is 0.297. The minimum absolute atomic E-state index is 0.297. The lowest BCUT2D eigenvalue weighted by Gasteiger charge is -2.39. The predicted molar refractivity (Wildman–Crippen MR) is 125 cm³/mol. The van der Waals surface area contributed by atoms with Gasteiger partial charge < -0.3 is 5.32 Å². The molecular formula is C26H29ClN2O. The van der Waals surface area contributed by atoms with Crippen LogP contribution in [0.25, 0.3) is 22.0 Å². The summed E-state index contributed by atoms with van der Waals surface area (Å²) < 4.78 is 0. The van der Waals surface area contributed by atoms with Crippen LogP contribution in [0.2, 0.25) is 5.02 Å². The van der Waals surface area contributed by atoms with E-state index in [1.807, 2.05) is 12.1 Å². The molecule has 1 aromatic heterocycles. The first-order valence-electron chi connectivity index (χ1n) is 11.0. The van der Waals surface area contributed by atoms with Crippen LogP contribution in [0.4, 0.5) is 0 Å². The number of hydrogen-bond donors (Lipinski definition) is 1. The summed E-state index contributed by atoms with van der Waals surface area (Å²) in [6.07, 6.45) is 10.7. The second-order valence-corrected chi connectivity index (χ2v) is 8.97. The fraction of sp³-hybridized carbons (Fsp3) is 0.385. The number of aryl methyl sites for hydroxylation is 1. The Morgan fingerprint density at radius 3 is 2.90 bits per heavy atom. The largest absolute Gasteiger partial charge is 0.359 e. The van der Waals surface area contributed by atoms with Crippen molar-refractivity contribution in [2.24, 2.45) is 5.41 Å². The Bertz CT molecular complexity index is 1050. The number of halogens is 1. The molecule has 3 aromatic rings. The molecule has 4 heteroatoms. The summed E-state index contributed by atoms with van der Waals surface area (Å²) in [5.74, 6) is 0. The van der Waals surface area contributed by atoms with Crippen LogP contribution >= 0.6 is 11.6 Å². The van der Waals surface area contributed by atoms with Crippen molar-refractivity contribution < 1.29 is 4.79 Å². The van der Waals surface area contributed by atoms with Crippen molar-refractivity contribution in [1.29, 1.82) is 0 Å². The van der Waals surface area contributed by atoms with Gasteiger partial charge in [-0.3, -0.25) is 9.78 Å². The lowest BCUT2D eigenvalue weighted by Crippen LogP contribution is -2.32. The molecule has 4 rings (SSSR count). The summed E-state index contributed by atoms with van der Waals surface area (Å²) in [4.78, 5) is 15.2. The number of hydrogen-bond acceptors (Lipinski definition) is 2. The van der Waals surface area contributed by atoms with E-state index < -0.39 is 0 Å². The third kappa shape index (κ3) is 4.22. The van der Waals surface area contributed by atoms with Gasteiger partial charge in [0.05, 0.1) is 10.5 Å². The number of amides is 1. The lowest BCUT2D eigenvalue weighted by atomic mass is 9.66. The van der Waals surface area contributed by atoms with Crippen LogP contribution in [-0.4, -0.2) is 17.9 Å². The van der Waals surface area contributed by atoms with Gasteiger partial charge in [0.15, 0.2) is 0 Å². The molecule has 1 amide bonds. The van der Waals surface area contributed by atoms with Crippen LogP contribution in [0.1, 0.15) is 50.2 Å². The zero-order valence-corrected chi connectivity index (χ0v) is 18.3. The summed E-state index contributed by atoms with van der Waals surface area (Å²) >= 11 is 6.73. The fourth-order valence-electron chi connectivity index (χ4n) is 4.92. The molecule has 1 aliphatic carbocycles. The number of pyridine rings is 1. The van der Waals surface area contributed by atoms with Crippen molar-refractivity contribution in [2.45, 2.75) is 51.9 Å². The SMILES string of the molecule is CCCCC1(CCNC=O)CCc2cc(-c3ccc4cccnc4c3Cl)ccc2C1. The Morgan fingerprint density at radius 2 is 2.07 bits per heavy atom. The van der Waals surface area contributed by atoms with Gasteiger partial charge in [-0.25, -0.2) is 0 Å². The summed E-state index contributed by atoms with van der Waals surface area (Å²) in [6.45, 7) is 3.02. The van der Waals surface area contributed by atoms with Gasteiger partial charge in [0.2, 0.25) is 6.41 Å². The third-order valence-corrected chi connectivity index (χ3v) is 7.05. The molecule has 1 heterocycles. The molecule has 0 aliphatic heterocycles. The van der Waals surface area contributed by atoms with Crippen LogP contribution in [0.15, 0.2) is 48.7 Å². The third-order valence-electron chi connectivity index (χ3n) is 6.66. The Kier molecular flexibility index (Phi) is 6.38. The Balaban J connectivity index is 1.62. The van der Waals surface area contributed by atoms with Crippen molar-refractivity contribution in [1.82, 2.24) is 10.3 Å². The standard InChI is InChI=1S/C26H29ClN2O/c1-2-3-11-26(13-15-28-18-30)12-10-20-16-21(6-7-22(20)17-26)23-9-8-19-5-4-14-29-25(19)24(23)27/h4-9,14,16,18H,2-3,10-13,15,17H2,1H3,(H,28,30). The minimum Gasteiger partial charge on any atom is -0.359 e. The van der Waals surface area contributed by atoms with Crippen molar-refractivity contribution in [3.8, 4) is 11.1 Å². The van der Waals surface area contributed by atoms with Crippen LogP contribution in [-0.2, 0) is 17.6 Å². The number of carbonyl (C=O) groups is 1. The van der Waals surface area contributed by atoms with E-state index in [1.165, 1.54) is 36.8 Å². The Labute approximate surface area is 183 Å². The molecule has 2 aromatic carbocycles. The van der Waals surface area contributed by atoms with Gasteiger partial charge in [-0.05, 0) is 60.3 Å². The summed E-state index contributed by atoms with van der Waals surface area (Å²) in [5, 5.41) is 4.66. The van der Waals surface area contributed by atoms with E-state index in [4.69, 9.17) is 11.6 Å². The van der Waals surface area contributed by atoms with E-state index in [0.29, 0.717) is 5.41 Å². The van der Waals surface area contributed by atoms with E-state index in [9.17, 15) is 4.79 Å². The summed E-state index contributed by atoms with van der Waals surface area (Å²) in [6, 6.07) is 15.0. The highest BCUT2D eigenvalue weighted by Crippen LogP contribution is 2.43. The molecule has 0 fully saturated rings. The van der Waals surface area contributed by atoms with Crippen LogP contribution in [0, 0.1) is 5.41 Å². The highest BCUT2D eigenvalue weighted by atomic mass is 35.5. The van der Waals surface area contributed by atoms with E-state index in [0.717, 1.165) is 59.3 Å². The van der Waals surface area contributed by atoms with Gasteiger partial charge in [0.25, 0.3) is 0 Å². The van der Waals surface area contributed by atoms with Crippen molar-refractivity contribution in [2.75, 3.05) is 6.54 Å². The van der Waals surface area contributed by atoms with Crippen molar-refractivity contribution >= 4 is 28.9 Å². The molecule has 1 N–H and O–H groups in total. The molecule has 0 spiro atoms. The van der Waals surface area contributed by atoms with Crippen LogP contribution in [0.5, 0.6) is 0 Å². The molecule has 0 radical (unpaired) electrons. The zero-order chi connectivity index (χ0) is 21.0. The van der Waals surface area contributed by atoms with Gasteiger partial charge in [0.1, 0.15) is 0 Å². The van der Waals surface area contributed by atoms with Crippen LogP contribution in [0.3, 0.4) is 0 Å². The summed E-state index contributed by atoms with van der Waals surface area (Å²) in [7, 11) is 0. The Morgan fingerprint density at radius 1 is 1.17 bits per heavy atom. The van der Waals surface area contributed by atoms with Crippen LogP contribution < -0.4 is 5.32 Å². The van der Waals surface area contributed by atoms with Gasteiger partial charge >= 0.3 is 0 Å². The number of fused-ring (bicyclic) bond motifs is 2. The summed E-state index contributed by atoms with van der Waals surface area (Å²) in [5.41, 5.74) is 6.24. The molecule has 1 aliphatic rings. The van der Waals surface area contributed by atoms with Gasteiger partial charge in [-0.1, -0.05) is 67.8 Å². The van der Waals surface area contributed by atoms with E-state index in [-0.39, 0.29) is 0 Å². The molecule has 0 saturated heterocycles. The van der Waals surface area contributed by atoms with Crippen molar-refractivity contribution in [3.05, 3.63) is 64.8 Å². The molecular weight excluding hydrogens is 392 g/mol. The van der Waals surface area contributed by atoms with Gasteiger partial charge in [-0.2, -0.15) is 0 Å². The quantitative estimate of drug-likeness (QED) is 0.340. The average molecular weight is 421 g/mol.